The molecule has 0 fully saturated rings. The Bertz CT molecular complexity index is 690. The summed E-state index contributed by atoms with van der Waals surface area (Å²) in [5, 5.41) is 0. The number of hydrogen-bond acceptors (Lipinski definition) is 5. The first-order chi connectivity index (χ1) is 8.33. The number of sulfone groups is 1. The van der Waals surface area contributed by atoms with Crippen molar-refractivity contribution in [1.29, 1.82) is 0 Å². The maximum atomic E-state index is 13.0. The molecule has 1 aromatic rings. The van der Waals surface area contributed by atoms with Crippen LogP contribution in [0.15, 0.2) is 23.1 Å². The van der Waals surface area contributed by atoms with Crippen molar-refractivity contribution < 1.29 is 38.6 Å². The largest absolute Gasteiger partial charge is 0.534 e. The van der Waals surface area contributed by atoms with Crippen molar-refractivity contribution in [2.45, 2.75) is 10.4 Å². The fourth-order valence-corrected chi connectivity index (χ4v) is 2.07. The van der Waals surface area contributed by atoms with Crippen molar-refractivity contribution in [1.82, 2.24) is 0 Å². The Hall–Kier alpha value is -1.36. The predicted octanol–water partition coefficient (Wildman–Crippen LogP) is 1.46. The van der Waals surface area contributed by atoms with Crippen LogP contribution in [0.1, 0.15) is 0 Å². The van der Waals surface area contributed by atoms with Gasteiger partial charge in [-0.05, 0) is 6.07 Å². The second-order valence-corrected chi connectivity index (χ2v) is 6.93. The van der Waals surface area contributed by atoms with Gasteiger partial charge in [-0.25, -0.2) is 12.8 Å². The third-order valence-electron chi connectivity index (χ3n) is 1.76. The van der Waals surface area contributed by atoms with Crippen LogP contribution in [0.5, 0.6) is 5.75 Å². The topological polar surface area (TPSA) is 77.5 Å². The molecule has 0 aliphatic heterocycles. The molecule has 0 atom stereocenters. The average Bonchev–Trinajstić information content (AvgIpc) is 2.12. The smallest absolute Gasteiger partial charge is 0.376 e. The Labute approximate surface area is 105 Å². The SMILES string of the molecule is CS(=O)(=O)c1cc(F)cc(OS(=O)(=O)C(F)(F)F)c1. The van der Waals surface area contributed by atoms with Crippen molar-refractivity contribution in [3.63, 3.8) is 0 Å². The summed E-state index contributed by atoms with van der Waals surface area (Å²) in [5.74, 6) is -2.34. The summed E-state index contributed by atoms with van der Waals surface area (Å²) < 4.78 is 96.3. The van der Waals surface area contributed by atoms with E-state index in [4.69, 9.17) is 0 Å². The molecule has 0 saturated heterocycles. The molecule has 11 heteroatoms. The molecule has 0 amide bonds. The summed E-state index contributed by atoms with van der Waals surface area (Å²) >= 11 is 0. The predicted molar refractivity (Wildman–Crippen MR) is 55.1 cm³/mol. The molecule has 0 saturated carbocycles. The zero-order valence-corrected chi connectivity index (χ0v) is 10.7. The average molecular weight is 322 g/mol. The van der Waals surface area contributed by atoms with E-state index in [1.165, 1.54) is 0 Å². The molecule has 0 unspecified atom stereocenters. The van der Waals surface area contributed by atoms with E-state index in [9.17, 15) is 34.4 Å². The van der Waals surface area contributed by atoms with Gasteiger partial charge in [0.1, 0.15) is 11.6 Å². The highest BCUT2D eigenvalue weighted by molar-refractivity contribution is 7.90. The van der Waals surface area contributed by atoms with E-state index >= 15 is 0 Å². The molecule has 5 nitrogen and oxygen atoms in total. The number of hydrogen-bond donors (Lipinski definition) is 0. The fraction of sp³-hybridized carbons (Fsp3) is 0.250. The van der Waals surface area contributed by atoms with Gasteiger partial charge in [-0.3, -0.25) is 0 Å². The van der Waals surface area contributed by atoms with E-state index in [0.29, 0.717) is 24.5 Å². The summed E-state index contributed by atoms with van der Waals surface area (Å²) in [6.45, 7) is 0. The Morgan fingerprint density at radius 2 is 1.58 bits per heavy atom. The molecule has 0 spiro atoms. The monoisotopic (exact) mass is 322 g/mol. The van der Waals surface area contributed by atoms with Crippen molar-refractivity contribution in [3.8, 4) is 5.75 Å². The first-order valence-electron chi connectivity index (χ1n) is 4.34. The Kier molecular flexibility index (Phi) is 3.83. The Morgan fingerprint density at radius 3 is 2.00 bits per heavy atom. The standard InChI is InChI=1S/C8H6F4O5S2/c1-18(13,14)7-3-5(9)2-6(4-7)17-19(15,16)8(10,11)12/h2-4H,1H3. The van der Waals surface area contributed by atoms with Gasteiger partial charge < -0.3 is 4.18 Å². The van der Waals surface area contributed by atoms with E-state index in [-0.39, 0.29) is 0 Å². The lowest BCUT2D eigenvalue weighted by Gasteiger charge is -2.10. The van der Waals surface area contributed by atoms with Gasteiger partial charge in [0.05, 0.1) is 4.90 Å². The third-order valence-corrected chi connectivity index (χ3v) is 3.83. The summed E-state index contributed by atoms with van der Waals surface area (Å²) in [7, 11) is -9.93. The molecule has 0 radical (unpaired) electrons. The van der Waals surface area contributed by atoms with Crippen LogP contribution in [-0.4, -0.2) is 28.6 Å². The molecule has 1 aromatic carbocycles. The molecule has 108 valence electrons. The number of rotatable bonds is 3. The zero-order chi connectivity index (χ0) is 15.1. The maximum absolute atomic E-state index is 13.0. The van der Waals surface area contributed by atoms with Gasteiger partial charge in [-0.15, -0.1) is 0 Å². The van der Waals surface area contributed by atoms with Crippen LogP contribution in [0.25, 0.3) is 0 Å². The summed E-state index contributed by atoms with van der Waals surface area (Å²) in [6, 6.07) is 1.31. The van der Waals surface area contributed by atoms with Crippen LogP contribution in [0.4, 0.5) is 17.6 Å². The molecule has 0 N–H and O–H groups in total. The van der Waals surface area contributed by atoms with Gasteiger partial charge in [0.2, 0.25) is 0 Å². The number of benzene rings is 1. The lowest BCUT2D eigenvalue weighted by atomic mass is 10.3. The van der Waals surface area contributed by atoms with Crippen molar-refractivity contribution >= 4 is 20.0 Å². The number of alkyl halides is 3. The van der Waals surface area contributed by atoms with Crippen LogP contribution in [0.3, 0.4) is 0 Å². The molecular formula is C8H6F4O5S2. The van der Waals surface area contributed by atoms with Crippen LogP contribution in [0.2, 0.25) is 0 Å². The minimum absolute atomic E-state index is 0.317. The Morgan fingerprint density at radius 1 is 1.05 bits per heavy atom. The lowest BCUT2D eigenvalue weighted by molar-refractivity contribution is -0.0500. The Balaban J connectivity index is 3.29. The van der Waals surface area contributed by atoms with Gasteiger partial charge >= 0.3 is 15.6 Å². The van der Waals surface area contributed by atoms with Gasteiger partial charge in [0, 0.05) is 18.4 Å². The highest BCUT2D eigenvalue weighted by Crippen LogP contribution is 2.28. The van der Waals surface area contributed by atoms with Crippen molar-refractivity contribution in [2.24, 2.45) is 0 Å². The van der Waals surface area contributed by atoms with E-state index in [0.717, 1.165) is 0 Å². The third kappa shape index (κ3) is 3.80. The van der Waals surface area contributed by atoms with Gasteiger partial charge in [0.15, 0.2) is 9.84 Å². The summed E-state index contributed by atoms with van der Waals surface area (Å²) in [6.07, 6.45) is 0.670. The molecule has 19 heavy (non-hydrogen) atoms. The van der Waals surface area contributed by atoms with E-state index in [1.54, 1.807) is 0 Å². The first-order valence-corrected chi connectivity index (χ1v) is 7.64. The first kappa shape index (κ1) is 15.7. The second-order valence-electron chi connectivity index (χ2n) is 3.38. The van der Waals surface area contributed by atoms with Crippen molar-refractivity contribution in [2.75, 3.05) is 6.26 Å². The van der Waals surface area contributed by atoms with Gasteiger partial charge in [-0.1, -0.05) is 0 Å². The maximum Gasteiger partial charge on any atom is 0.534 e. The van der Waals surface area contributed by atoms with E-state index < -0.39 is 41.9 Å². The normalized spacial score (nSPS) is 13.3. The second kappa shape index (κ2) is 4.63. The molecule has 0 aliphatic carbocycles. The highest BCUT2D eigenvalue weighted by Gasteiger charge is 2.48. The van der Waals surface area contributed by atoms with Gasteiger partial charge in [0.25, 0.3) is 0 Å². The molecule has 0 aliphatic rings. The molecule has 1 rings (SSSR count). The fourth-order valence-electron chi connectivity index (χ4n) is 0.973. The molecule has 0 bridgehead atoms. The summed E-state index contributed by atoms with van der Waals surface area (Å²) in [4.78, 5) is -0.708. The molecule has 0 heterocycles. The minimum atomic E-state index is -5.99. The van der Waals surface area contributed by atoms with Gasteiger partial charge in [-0.2, -0.15) is 21.6 Å². The quantitative estimate of drug-likeness (QED) is 0.478. The molecule has 0 aromatic heterocycles. The minimum Gasteiger partial charge on any atom is -0.376 e. The van der Waals surface area contributed by atoms with Crippen LogP contribution in [0, 0.1) is 5.82 Å². The van der Waals surface area contributed by atoms with E-state index in [2.05, 4.69) is 4.18 Å². The van der Waals surface area contributed by atoms with Crippen molar-refractivity contribution in [3.05, 3.63) is 24.0 Å². The van der Waals surface area contributed by atoms with Crippen LogP contribution in [-0.2, 0) is 20.0 Å². The number of halogens is 4. The zero-order valence-electron chi connectivity index (χ0n) is 9.10. The van der Waals surface area contributed by atoms with Crippen LogP contribution < -0.4 is 4.18 Å². The van der Waals surface area contributed by atoms with Crippen LogP contribution >= 0.6 is 0 Å². The molecular weight excluding hydrogens is 316 g/mol. The highest BCUT2D eigenvalue weighted by atomic mass is 32.2. The van der Waals surface area contributed by atoms with E-state index in [1.807, 2.05) is 0 Å². The summed E-state index contributed by atoms with van der Waals surface area (Å²) in [5.41, 5.74) is -5.70. The lowest BCUT2D eigenvalue weighted by Crippen LogP contribution is -2.28.